The van der Waals surface area contributed by atoms with Crippen molar-refractivity contribution in [2.45, 2.75) is 37.6 Å². The van der Waals surface area contributed by atoms with Crippen LogP contribution in [0, 0.1) is 13.8 Å². The molecule has 8 nitrogen and oxygen atoms in total. The molecule has 0 saturated carbocycles. The topological polar surface area (TPSA) is 79.4 Å². The molecule has 3 heterocycles. The molecule has 1 atom stereocenters. The Morgan fingerprint density at radius 3 is 2.40 bits per heavy atom. The normalized spacial score (nSPS) is 21.3. The van der Waals surface area contributed by atoms with E-state index in [0.29, 0.717) is 50.8 Å². The van der Waals surface area contributed by atoms with Gasteiger partial charge in [-0.3, -0.25) is 9.69 Å². The summed E-state index contributed by atoms with van der Waals surface area (Å²) in [5.41, 5.74) is 3.11. The number of carbonyl (C=O) groups is 1. The largest absolute Gasteiger partial charge is 0.486 e. The van der Waals surface area contributed by atoms with Gasteiger partial charge in [0.15, 0.2) is 11.5 Å². The maximum Gasteiger partial charge on any atom is 0.243 e. The van der Waals surface area contributed by atoms with Gasteiger partial charge in [0.2, 0.25) is 15.9 Å². The lowest BCUT2D eigenvalue weighted by Gasteiger charge is -2.35. The molecule has 0 radical (unpaired) electrons. The molecule has 0 N–H and O–H groups in total. The van der Waals surface area contributed by atoms with Crippen molar-refractivity contribution in [2.24, 2.45) is 0 Å². The van der Waals surface area contributed by atoms with E-state index in [1.165, 1.54) is 4.31 Å². The van der Waals surface area contributed by atoms with Gasteiger partial charge in [-0.05, 0) is 67.6 Å². The number of benzene rings is 2. The summed E-state index contributed by atoms with van der Waals surface area (Å²) in [6.07, 6.45) is 1.89. The Labute approximate surface area is 207 Å². The van der Waals surface area contributed by atoms with E-state index in [1.54, 1.807) is 12.1 Å². The molecule has 2 aromatic carbocycles. The number of fused-ring (bicyclic) bond motifs is 1. The highest BCUT2D eigenvalue weighted by Gasteiger charge is 2.34. The Morgan fingerprint density at radius 1 is 0.914 bits per heavy atom. The maximum atomic E-state index is 13.3. The number of aryl methyl sites for hydroxylation is 2. The number of hydrogen-bond donors (Lipinski definition) is 0. The van der Waals surface area contributed by atoms with Gasteiger partial charge in [-0.25, -0.2) is 8.42 Å². The zero-order chi connectivity index (χ0) is 24.6. The summed E-state index contributed by atoms with van der Waals surface area (Å²) >= 11 is 0. The molecule has 2 aromatic rings. The van der Waals surface area contributed by atoms with Crippen molar-refractivity contribution >= 4 is 15.9 Å². The molecule has 0 aliphatic carbocycles. The lowest BCUT2D eigenvalue weighted by molar-refractivity contribution is -0.133. The highest BCUT2D eigenvalue weighted by Crippen LogP contribution is 2.38. The van der Waals surface area contributed by atoms with Crippen LogP contribution in [0.15, 0.2) is 41.3 Å². The minimum absolute atomic E-state index is 0.0322. The summed E-state index contributed by atoms with van der Waals surface area (Å²) in [6, 6.07) is 11.3. The monoisotopic (exact) mass is 499 g/mol. The molecule has 3 aliphatic heterocycles. The number of likely N-dealkylation sites (tertiary alicyclic amines) is 1. The molecule has 188 valence electrons. The summed E-state index contributed by atoms with van der Waals surface area (Å²) in [6.45, 7) is 7.87. The van der Waals surface area contributed by atoms with Crippen molar-refractivity contribution in [2.75, 3.05) is 52.5 Å². The van der Waals surface area contributed by atoms with E-state index >= 15 is 0 Å². The van der Waals surface area contributed by atoms with Crippen molar-refractivity contribution in [3.63, 3.8) is 0 Å². The van der Waals surface area contributed by atoms with E-state index in [-0.39, 0.29) is 11.9 Å². The smallest absolute Gasteiger partial charge is 0.243 e. The van der Waals surface area contributed by atoms with Crippen molar-refractivity contribution in [1.82, 2.24) is 14.1 Å². The number of piperazine rings is 1. The van der Waals surface area contributed by atoms with Gasteiger partial charge >= 0.3 is 0 Å². The Bertz CT molecular complexity index is 1210. The molecular weight excluding hydrogens is 466 g/mol. The highest BCUT2D eigenvalue weighted by molar-refractivity contribution is 7.89. The molecule has 3 aliphatic rings. The minimum atomic E-state index is -3.53. The number of hydrogen-bond acceptors (Lipinski definition) is 6. The average Bonchev–Trinajstić information content (AvgIpc) is 3.36. The van der Waals surface area contributed by atoms with Crippen LogP contribution in [0.1, 0.15) is 35.6 Å². The van der Waals surface area contributed by atoms with E-state index in [0.717, 1.165) is 47.6 Å². The summed E-state index contributed by atoms with van der Waals surface area (Å²) < 4.78 is 39.1. The molecule has 9 heteroatoms. The van der Waals surface area contributed by atoms with Gasteiger partial charge < -0.3 is 14.4 Å². The van der Waals surface area contributed by atoms with E-state index in [2.05, 4.69) is 4.90 Å². The molecule has 5 rings (SSSR count). The number of carbonyl (C=O) groups excluding carboxylic acids is 1. The first-order valence-electron chi connectivity index (χ1n) is 12.3. The van der Waals surface area contributed by atoms with Gasteiger partial charge in [-0.1, -0.05) is 12.1 Å². The summed E-state index contributed by atoms with van der Waals surface area (Å²) in [7, 11) is -3.53. The van der Waals surface area contributed by atoms with Crippen LogP contribution < -0.4 is 9.47 Å². The van der Waals surface area contributed by atoms with Crippen molar-refractivity contribution in [3.05, 3.63) is 53.1 Å². The first kappa shape index (κ1) is 24.1. The Hall–Kier alpha value is -2.62. The van der Waals surface area contributed by atoms with Crippen molar-refractivity contribution in [3.8, 4) is 11.5 Å². The lowest BCUT2D eigenvalue weighted by Crippen LogP contribution is -2.51. The molecule has 1 amide bonds. The van der Waals surface area contributed by atoms with E-state index in [4.69, 9.17) is 9.47 Å². The van der Waals surface area contributed by atoms with Crippen LogP contribution in [-0.4, -0.2) is 80.9 Å². The second-order valence-corrected chi connectivity index (χ2v) is 11.5. The fourth-order valence-electron chi connectivity index (χ4n) is 5.11. The number of rotatable bonds is 5. The molecule has 1 unspecified atom stereocenters. The SMILES string of the molecule is Cc1ccc(S(=O)(=O)N2CCN(CC(=O)N3CCCC3c3ccc4c(c3)OCCO4)CC2)cc1C. The third-order valence-corrected chi connectivity index (χ3v) is 9.23. The molecule has 0 aromatic heterocycles. The number of ether oxygens (including phenoxy) is 2. The number of sulfonamides is 1. The van der Waals surface area contributed by atoms with Gasteiger partial charge in [0.05, 0.1) is 17.5 Å². The van der Waals surface area contributed by atoms with Gasteiger partial charge in [-0.15, -0.1) is 0 Å². The summed E-state index contributed by atoms with van der Waals surface area (Å²) in [5.74, 6) is 1.59. The second-order valence-electron chi connectivity index (χ2n) is 9.57. The third-order valence-electron chi connectivity index (χ3n) is 7.33. The van der Waals surface area contributed by atoms with Gasteiger partial charge in [-0.2, -0.15) is 4.31 Å². The quantitative estimate of drug-likeness (QED) is 0.630. The third kappa shape index (κ3) is 4.90. The lowest BCUT2D eigenvalue weighted by atomic mass is 10.0. The van der Waals surface area contributed by atoms with Crippen LogP contribution in [0.2, 0.25) is 0 Å². The average molecular weight is 500 g/mol. The molecule has 2 fully saturated rings. The Balaban J connectivity index is 1.20. The summed E-state index contributed by atoms with van der Waals surface area (Å²) in [5, 5.41) is 0. The zero-order valence-corrected chi connectivity index (χ0v) is 21.2. The van der Waals surface area contributed by atoms with Crippen molar-refractivity contribution < 1.29 is 22.7 Å². The first-order chi connectivity index (χ1) is 16.8. The predicted octanol–water partition coefficient (Wildman–Crippen LogP) is 2.74. The van der Waals surface area contributed by atoms with Crippen LogP contribution in [0.25, 0.3) is 0 Å². The van der Waals surface area contributed by atoms with E-state index in [1.807, 2.05) is 43.0 Å². The second kappa shape index (κ2) is 9.79. The van der Waals surface area contributed by atoms with E-state index < -0.39 is 10.0 Å². The van der Waals surface area contributed by atoms with Gasteiger partial charge in [0, 0.05) is 32.7 Å². The predicted molar refractivity (Wildman–Crippen MR) is 132 cm³/mol. The molecular formula is C26H33N3O5S. The molecule has 35 heavy (non-hydrogen) atoms. The Kier molecular flexibility index (Phi) is 6.74. The Morgan fingerprint density at radius 2 is 1.66 bits per heavy atom. The number of nitrogens with zero attached hydrogens (tertiary/aromatic N) is 3. The van der Waals surface area contributed by atoms with Crippen LogP contribution in [0.3, 0.4) is 0 Å². The van der Waals surface area contributed by atoms with Gasteiger partial charge in [0.25, 0.3) is 0 Å². The van der Waals surface area contributed by atoms with Crippen LogP contribution in [0.4, 0.5) is 0 Å². The van der Waals surface area contributed by atoms with Crippen LogP contribution >= 0.6 is 0 Å². The van der Waals surface area contributed by atoms with Crippen LogP contribution in [-0.2, 0) is 14.8 Å². The van der Waals surface area contributed by atoms with Crippen LogP contribution in [0.5, 0.6) is 11.5 Å². The zero-order valence-electron chi connectivity index (χ0n) is 20.4. The fraction of sp³-hybridized carbons (Fsp3) is 0.500. The molecule has 0 spiro atoms. The molecule has 0 bridgehead atoms. The van der Waals surface area contributed by atoms with Gasteiger partial charge in [0.1, 0.15) is 13.2 Å². The minimum Gasteiger partial charge on any atom is -0.486 e. The molecule has 2 saturated heterocycles. The van der Waals surface area contributed by atoms with E-state index in [9.17, 15) is 13.2 Å². The number of amides is 1. The maximum absolute atomic E-state index is 13.3. The first-order valence-corrected chi connectivity index (χ1v) is 13.8. The standard InChI is InChI=1S/C26H33N3O5S/c1-19-5-7-22(16-20(19)2)35(31,32)28-12-10-27(11-13-28)18-26(30)29-9-3-4-23(29)21-6-8-24-25(17-21)34-15-14-33-24/h5-8,16-17,23H,3-4,9-15,18H2,1-2H3. The summed E-state index contributed by atoms with van der Waals surface area (Å²) in [4.78, 5) is 17.6. The van der Waals surface area contributed by atoms with Crippen molar-refractivity contribution in [1.29, 1.82) is 0 Å². The highest BCUT2D eigenvalue weighted by atomic mass is 32.2. The fourth-order valence-corrected chi connectivity index (χ4v) is 6.62.